The summed E-state index contributed by atoms with van der Waals surface area (Å²) in [5.41, 5.74) is 5.09. The monoisotopic (exact) mass is 409 g/mol. The molecule has 0 aromatic heterocycles. The molecule has 3 aromatic carbocycles. The summed E-state index contributed by atoms with van der Waals surface area (Å²) < 4.78 is 5.72. The molecule has 31 heavy (non-hydrogen) atoms. The summed E-state index contributed by atoms with van der Waals surface area (Å²) in [6.07, 6.45) is 0. The summed E-state index contributed by atoms with van der Waals surface area (Å²) >= 11 is 0. The molecule has 2 amide bonds. The van der Waals surface area contributed by atoms with Gasteiger partial charge >= 0.3 is 6.03 Å². The molecule has 3 aromatic rings. The van der Waals surface area contributed by atoms with Crippen molar-refractivity contribution in [1.82, 2.24) is 0 Å². The third-order valence-corrected chi connectivity index (χ3v) is 6.24. The lowest BCUT2D eigenvalue weighted by atomic mass is 9.82. The Bertz CT molecular complexity index is 1170. The molecule has 1 spiro atoms. The lowest BCUT2D eigenvalue weighted by molar-refractivity contribution is -0.0580. The fourth-order valence-corrected chi connectivity index (χ4v) is 4.69. The molecule has 0 radical (unpaired) electrons. The molecule has 2 aliphatic heterocycles. The number of nitrogens with zero attached hydrogens (tertiary/aromatic N) is 3. The molecule has 2 heterocycles. The van der Waals surface area contributed by atoms with Gasteiger partial charge in [0.2, 0.25) is 0 Å². The second kappa shape index (κ2) is 7.26. The van der Waals surface area contributed by atoms with E-state index in [0.29, 0.717) is 18.8 Å². The first kappa shape index (κ1) is 19.3. The SMILES string of the molecule is Cc1ccc(N2C(=O)N(c3ccc(C#N)cc3)C3(COC3)[C@@H]2c2cccc(C)c2)cc1. The van der Waals surface area contributed by atoms with Crippen molar-refractivity contribution >= 4 is 17.4 Å². The van der Waals surface area contributed by atoms with Crippen LogP contribution < -0.4 is 9.80 Å². The van der Waals surface area contributed by atoms with Crippen molar-refractivity contribution < 1.29 is 9.53 Å². The maximum atomic E-state index is 14.0. The topological polar surface area (TPSA) is 56.6 Å². The minimum Gasteiger partial charge on any atom is -0.376 e. The number of benzene rings is 3. The predicted octanol–water partition coefficient (Wildman–Crippen LogP) is 5.13. The molecule has 2 saturated heterocycles. The van der Waals surface area contributed by atoms with Crippen LogP contribution in [0.15, 0.2) is 72.8 Å². The van der Waals surface area contributed by atoms with Crippen molar-refractivity contribution in [3.05, 3.63) is 95.1 Å². The molecule has 0 saturated carbocycles. The predicted molar refractivity (Wildman–Crippen MR) is 120 cm³/mol. The number of carbonyl (C=O) groups excluding carboxylic acids is 1. The van der Waals surface area contributed by atoms with E-state index in [1.54, 1.807) is 12.1 Å². The zero-order chi connectivity index (χ0) is 21.6. The molecule has 5 heteroatoms. The van der Waals surface area contributed by atoms with Gasteiger partial charge in [0.25, 0.3) is 0 Å². The Kier molecular flexibility index (Phi) is 4.53. The highest BCUT2D eigenvalue weighted by atomic mass is 16.5. The van der Waals surface area contributed by atoms with Gasteiger partial charge in [0, 0.05) is 11.4 Å². The first-order valence-electron chi connectivity index (χ1n) is 10.4. The molecule has 5 nitrogen and oxygen atoms in total. The number of urea groups is 1. The lowest BCUT2D eigenvalue weighted by Gasteiger charge is -2.47. The van der Waals surface area contributed by atoms with Crippen LogP contribution in [0.1, 0.15) is 28.3 Å². The van der Waals surface area contributed by atoms with Crippen molar-refractivity contribution in [3.63, 3.8) is 0 Å². The lowest BCUT2D eigenvalue weighted by Crippen LogP contribution is -2.62. The van der Waals surface area contributed by atoms with E-state index in [2.05, 4.69) is 31.2 Å². The van der Waals surface area contributed by atoms with Crippen LogP contribution in [0, 0.1) is 25.2 Å². The molecule has 154 valence electrons. The minimum absolute atomic E-state index is 0.0802. The molecule has 2 aliphatic rings. The Morgan fingerprint density at radius 1 is 0.935 bits per heavy atom. The van der Waals surface area contributed by atoms with Gasteiger partial charge < -0.3 is 4.74 Å². The zero-order valence-electron chi connectivity index (χ0n) is 17.6. The number of carbonyl (C=O) groups is 1. The highest BCUT2D eigenvalue weighted by Gasteiger charge is 2.62. The largest absolute Gasteiger partial charge is 0.376 e. The molecule has 0 aliphatic carbocycles. The standard InChI is InChI=1S/C26H23N3O2/c1-18-6-10-22(11-7-18)28-24(21-5-3-4-19(2)14-21)26(16-31-17-26)29(25(28)30)23-12-8-20(15-27)9-13-23/h3-14,24H,16-17H2,1-2H3/t24-/m0/s1. The summed E-state index contributed by atoms with van der Waals surface area (Å²) in [5.74, 6) is 0. The van der Waals surface area contributed by atoms with Gasteiger partial charge in [0.1, 0.15) is 5.54 Å². The molecule has 5 rings (SSSR count). The quantitative estimate of drug-likeness (QED) is 0.602. The third kappa shape index (κ3) is 2.99. The van der Waals surface area contributed by atoms with Crippen molar-refractivity contribution in [3.8, 4) is 6.07 Å². The number of rotatable bonds is 3. The van der Waals surface area contributed by atoms with Crippen LogP contribution in [-0.2, 0) is 4.74 Å². The number of aryl methyl sites for hydroxylation is 2. The van der Waals surface area contributed by atoms with E-state index in [1.807, 2.05) is 59.2 Å². The third-order valence-electron chi connectivity index (χ3n) is 6.24. The summed E-state index contributed by atoms with van der Waals surface area (Å²) in [6, 6.07) is 25.5. The fraction of sp³-hybridized carbons (Fsp3) is 0.231. The van der Waals surface area contributed by atoms with Gasteiger partial charge in [-0.1, -0.05) is 47.5 Å². The molecular weight excluding hydrogens is 386 g/mol. The van der Waals surface area contributed by atoms with Crippen molar-refractivity contribution in [2.45, 2.75) is 25.4 Å². The van der Waals surface area contributed by atoms with Crippen LogP contribution in [0.2, 0.25) is 0 Å². The van der Waals surface area contributed by atoms with E-state index in [1.165, 1.54) is 0 Å². The normalized spacial score (nSPS) is 19.4. The Labute approximate surface area is 182 Å². The molecule has 0 unspecified atom stereocenters. The Morgan fingerprint density at radius 2 is 1.61 bits per heavy atom. The second-order valence-electron chi connectivity index (χ2n) is 8.40. The van der Waals surface area contributed by atoms with Gasteiger partial charge in [-0.3, -0.25) is 9.80 Å². The zero-order valence-corrected chi connectivity index (χ0v) is 17.6. The highest BCUT2D eigenvalue weighted by Crippen LogP contribution is 2.51. The number of hydrogen-bond donors (Lipinski definition) is 0. The molecule has 0 bridgehead atoms. The van der Waals surface area contributed by atoms with Gasteiger partial charge in [-0.2, -0.15) is 5.26 Å². The van der Waals surface area contributed by atoms with E-state index in [-0.39, 0.29) is 12.1 Å². The number of ether oxygens (including phenoxy) is 1. The van der Waals surface area contributed by atoms with Crippen LogP contribution in [-0.4, -0.2) is 24.8 Å². The first-order chi connectivity index (χ1) is 15.0. The van der Waals surface area contributed by atoms with Crippen molar-refractivity contribution in [2.75, 3.05) is 23.0 Å². The Morgan fingerprint density at radius 3 is 2.19 bits per heavy atom. The number of nitriles is 1. The summed E-state index contributed by atoms with van der Waals surface area (Å²) in [4.78, 5) is 17.7. The summed E-state index contributed by atoms with van der Waals surface area (Å²) in [5, 5.41) is 9.18. The maximum Gasteiger partial charge on any atom is 0.330 e. The second-order valence-corrected chi connectivity index (χ2v) is 8.40. The van der Waals surface area contributed by atoms with E-state index in [4.69, 9.17) is 4.74 Å². The molecular formula is C26H23N3O2. The number of hydrogen-bond acceptors (Lipinski definition) is 3. The summed E-state index contributed by atoms with van der Waals surface area (Å²) in [7, 11) is 0. The van der Waals surface area contributed by atoms with Gasteiger partial charge in [-0.05, 0) is 55.8 Å². The van der Waals surface area contributed by atoms with Crippen LogP contribution >= 0.6 is 0 Å². The van der Waals surface area contributed by atoms with Crippen LogP contribution in [0.25, 0.3) is 0 Å². The molecule has 2 fully saturated rings. The summed E-state index contributed by atoms with van der Waals surface area (Å²) in [6.45, 7) is 5.02. The number of anilines is 2. The van der Waals surface area contributed by atoms with E-state index in [9.17, 15) is 10.1 Å². The average molecular weight is 409 g/mol. The van der Waals surface area contributed by atoms with Gasteiger partial charge in [0.15, 0.2) is 0 Å². The minimum atomic E-state index is -0.510. The van der Waals surface area contributed by atoms with E-state index < -0.39 is 5.54 Å². The number of amides is 2. The highest BCUT2D eigenvalue weighted by molar-refractivity contribution is 6.09. The molecule has 1 atom stereocenters. The Hall–Kier alpha value is -3.62. The van der Waals surface area contributed by atoms with Crippen molar-refractivity contribution in [1.29, 1.82) is 5.26 Å². The van der Waals surface area contributed by atoms with Crippen LogP contribution in [0.5, 0.6) is 0 Å². The van der Waals surface area contributed by atoms with Gasteiger partial charge in [-0.15, -0.1) is 0 Å². The van der Waals surface area contributed by atoms with Crippen LogP contribution in [0.3, 0.4) is 0 Å². The molecule has 0 N–H and O–H groups in total. The van der Waals surface area contributed by atoms with Crippen molar-refractivity contribution in [2.24, 2.45) is 0 Å². The smallest absolute Gasteiger partial charge is 0.330 e. The Balaban J connectivity index is 1.69. The van der Waals surface area contributed by atoms with E-state index in [0.717, 1.165) is 28.1 Å². The van der Waals surface area contributed by atoms with Crippen LogP contribution in [0.4, 0.5) is 16.2 Å². The first-order valence-corrected chi connectivity index (χ1v) is 10.4. The van der Waals surface area contributed by atoms with Gasteiger partial charge in [0.05, 0.1) is 30.9 Å². The average Bonchev–Trinajstić information content (AvgIpc) is 3.04. The van der Waals surface area contributed by atoms with Gasteiger partial charge in [-0.25, -0.2) is 4.79 Å². The van der Waals surface area contributed by atoms with E-state index >= 15 is 0 Å². The maximum absolute atomic E-state index is 14.0. The fourth-order valence-electron chi connectivity index (χ4n) is 4.69.